The molecule has 116 valence electrons. The van der Waals surface area contributed by atoms with Crippen LogP contribution in [0.4, 0.5) is 5.69 Å². The van der Waals surface area contributed by atoms with E-state index in [2.05, 4.69) is 24.1 Å². The molecule has 0 saturated carbocycles. The zero-order valence-corrected chi connectivity index (χ0v) is 12.5. The Morgan fingerprint density at radius 1 is 1.32 bits per heavy atom. The normalized spacial score (nSPS) is 11.6. The van der Waals surface area contributed by atoms with Crippen LogP contribution in [0.3, 0.4) is 0 Å². The second-order valence-electron chi connectivity index (χ2n) is 5.39. The van der Waals surface area contributed by atoms with Gasteiger partial charge in [-0.1, -0.05) is 32.0 Å². The van der Waals surface area contributed by atoms with E-state index in [1.165, 1.54) is 0 Å². The number of fused-ring (bicyclic) bond motifs is 1. The van der Waals surface area contributed by atoms with Gasteiger partial charge in [-0.15, -0.1) is 10.2 Å². The summed E-state index contributed by atoms with van der Waals surface area (Å²) in [6.07, 6.45) is 0.878. The first kappa shape index (κ1) is 15.7. The monoisotopic (exact) mass is 302 g/mol. The van der Waals surface area contributed by atoms with E-state index in [0.717, 1.165) is 11.9 Å². The average molecular weight is 302 g/mol. The molecule has 1 aromatic carbocycles. The van der Waals surface area contributed by atoms with Gasteiger partial charge in [0, 0.05) is 11.9 Å². The molecule has 7 heteroatoms. The molecule has 3 N–H and O–H groups in total. The summed E-state index contributed by atoms with van der Waals surface area (Å²) in [4.78, 5) is 21.9. The molecule has 1 heterocycles. The van der Waals surface area contributed by atoms with Crippen LogP contribution in [0.25, 0.3) is 10.9 Å². The fraction of sp³-hybridized carbons (Fsp3) is 0.333. The molecule has 22 heavy (non-hydrogen) atoms. The topological polar surface area (TPSA) is 110 Å². The summed E-state index contributed by atoms with van der Waals surface area (Å²) >= 11 is 0. The molecular formula is C15H18N4O3. The Labute approximate surface area is 127 Å². The Balaban J connectivity index is 2.48. The van der Waals surface area contributed by atoms with E-state index in [9.17, 15) is 14.7 Å². The lowest BCUT2D eigenvalue weighted by atomic mass is 10.1. The number of carbonyl (C=O) groups excluding carboxylic acids is 2. The molecule has 0 atom stereocenters. The maximum Gasteiger partial charge on any atom is 0.353 e. The maximum atomic E-state index is 11.2. The second kappa shape index (κ2) is 6.38. The summed E-state index contributed by atoms with van der Waals surface area (Å²) in [7, 11) is 0. The highest BCUT2D eigenvalue weighted by Gasteiger charge is 2.17. The van der Waals surface area contributed by atoms with Crippen LogP contribution in [0, 0.1) is 5.92 Å². The fourth-order valence-electron chi connectivity index (χ4n) is 2.13. The smallest absolute Gasteiger partial charge is 0.353 e. The van der Waals surface area contributed by atoms with Crippen LogP contribution in [-0.2, 0) is 16.1 Å². The van der Waals surface area contributed by atoms with E-state index in [-0.39, 0.29) is 11.6 Å². The first-order valence-corrected chi connectivity index (χ1v) is 6.97. The van der Waals surface area contributed by atoms with Gasteiger partial charge in [0.25, 0.3) is 0 Å². The Hall–Kier alpha value is -2.70. The van der Waals surface area contributed by atoms with Crippen LogP contribution >= 0.6 is 0 Å². The zero-order chi connectivity index (χ0) is 16.3. The highest BCUT2D eigenvalue weighted by atomic mass is 16.3. The van der Waals surface area contributed by atoms with Crippen molar-refractivity contribution in [2.24, 2.45) is 21.9 Å². The highest BCUT2D eigenvalue weighted by molar-refractivity contribution is 6.34. The Morgan fingerprint density at radius 2 is 2.00 bits per heavy atom. The van der Waals surface area contributed by atoms with Crippen molar-refractivity contribution in [2.45, 2.75) is 26.8 Å². The number of benzene rings is 1. The van der Waals surface area contributed by atoms with Gasteiger partial charge >= 0.3 is 11.8 Å². The number of aryl methyl sites for hydroxylation is 1. The van der Waals surface area contributed by atoms with Gasteiger partial charge in [-0.3, -0.25) is 9.59 Å². The minimum Gasteiger partial charge on any atom is -0.493 e. The minimum absolute atomic E-state index is 0.0807. The van der Waals surface area contributed by atoms with E-state index < -0.39 is 11.8 Å². The molecule has 0 unspecified atom stereocenters. The predicted octanol–water partition coefficient (Wildman–Crippen LogP) is 2.49. The van der Waals surface area contributed by atoms with E-state index >= 15 is 0 Å². The Bertz CT molecular complexity index is 747. The SMILES string of the molecule is CC(C)CCn1c(O)c(N=NC(=O)C(N)=O)c2ccccc21. The third kappa shape index (κ3) is 3.13. The summed E-state index contributed by atoms with van der Waals surface area (Å²) in [5, 5.41) is 18.0. The van der Waals surface area contributed by atoms with Gasteiger partial charge < -0.3 is 15.4 Å². The van der Waals surface area contributed by atoms with Crippen LogP contribution in [0.1, 0.15) is 20.3 Å². The summed E-state index contributed by atoms with van der Waals surface area (Å²) in [5.74, 6) is -1.95. The largest absolute Gasteiger partial charge is 0.493 e. The molecule has 2 amide bonds. The lowest BCUT2D eigenvalue weighted by Crippen LogP contribution is -2.20. The first-order chi connectivity index (χ1) is 10.4. The van der Waals surface area contributed by atoms with Gasteiger partial charge in [0.1, 0.15) is 0 Å². The molecule has 0 aliphatic carbocycles. The van der Waals surface area contributed by atoms with Crippen LogP contribution < -0.4 is 5.73 Å². The Morgan fingerprint density at radius 3 is 2.64 bits per heavy atom. The molecule has 7 nitrogen and oxygen atoms in total. The van der Waals surface area contributed by atoms with Crippen LogP contribution in [0.5, 0.6) is 5.88 Å². The van der Waals surface area contributed by atoms with Crippen molar-refractivity contribution in [2.75, 3.05) is 0 Å². The Kier molecular flexibility index (Phi) is 4.55. The zero-order valence-electron chi connectivity index (χ0n) is 12.5. The quantitative estimate of drug-likeness (QED) is 0.668. The van der Waals surface area contributed by atoms with Crippen molar-refractivity contribution in [3.8, 4) is 5.88 Å². The van der Waals surface area contributed by atoms with Crippen molar-refractivity contribution < 1.29 is 14.7 Å². The number of aromatic hydroxyl groups is 1. The number of hydrogen-bond donors (Lipinski definition) is 2. The molecule has 0 radical (unpaired) electrons. The number of nitrogens with zero attached hydrogens (tertiary/aromatic N) is 3. The van der Waals surface area contributed by atoms with Crippen LogP contribution in [0.2, 0.25) is 0 Å². The summed E-state index contributed by atoms with van der Waals surface area (Å²) < 4.78 is 1.72. The van der Waals surface area contributed by atoms with E-state index in [0.29, 0.717) is 17.8 Å². The molecule has 0 aliphatic heterocycles. The van der Waals surface area contributed by atoms with E-state index in [4.69, 9.17) is 5.73 Å². The van der Waals surface area contributed by atoms with Gasteiger partial charge in [0.05, 0.1) is 5.52 Å². The van der Waals surface area contributed by atoms with Gasteiger partial charge in [0.15, 0.2) is 5.69 Å². The molecule has 0 spiro atoms. The number of aromatic nitrogens is 1. The predicted molar refractivity (Wildman–Crippen MR) is 81.8 cm³/mol. The van der Waals surface area contributed by atoms with E-state index in [1.54, 1.807) is 16.7 Å². The number of hydrogen-bond acceptors (Lipinski definition) is 4. The highest BCUT2D eigenvalue weighted by Crippen LogP contribution is 2.39. The lowest BCUT2D eigenvalue weighted by Gasteiger charge is -2.08. The second-order valence-corrected chi connectivity index (χ2v) is 5.39. The van der Waals surface area contributed by atoms with Crippen molar-refractivity contribution in [3.05, 3.63) is 24.3 Å². The maximum absolute atomic E-state index is 11.2. The number of amides is 2. The van der Waals surface area contributed by atoms with Gasteiger partial charge in [-0.2, -0.15) is 0 Å². The van der Waals surface area contributed by atoms with Gasteiger partial charge in [0.2, 0.25) is 5.88 Å². The first-order valence-electron chi connectivity index (χ1n) is 6.97. The van der Waals surface area contributed by atoms with Crippen molar-refractivity contribution in [3.63, 3.8) is 0 Å². The molecule has 0 bridgehead atoms. The molecule has 0 fully saturated rings. The minimum atomic E-state index is -1.19. The van der Waals surface area contributed by atoms with Gasteiger partial charge in [-0.25, -0.2) is 0 Å². The third-order valence-corrected chi connectivity index (χ3v) is 3.30. The number of azo groups is 1. The van der Waals surface area contributed by atoms with Crippen molar-refractivity contribution >= 4 is 28.4 Å². The number of primary amides is 1. The van der Waals surface area contributed by atoms with Crippen molar-refractivity contribution in [1.29, 1.82) is 0 Å². The molecule has 2 rings (SSSR count). The standard InChI is InChI=1S/C15H18N4O3/c1-9(2)7-8-19-11-6-4-3-5-10(11)12(15(19)22)17-18-14(21)13(16)20/h3-6,9,22H,7-8H2,1-2H3,(H2,16,20). The van der Waals surface area contributed by atoms with E-state index in [1.807, 2.05) is 12.1 Å². The summed E-state index contributed by atoms with van der Waals surface area (Å²) in [5.41, 5.74) is 5.78. The molecular weight excluding hydrogens is 284 g/mol. The number of para-hydroxylation sites is 1. The van der Waals surface area contributed by atoms with Crippen LogP contribution in [-0.4, -0.2) is 21.5 Å². The molecule has 2 aromatic rings. The molecule has 0 aliphatic rings. The summed E-state index contributed by atoms with van der Waals surface area (Å²) in [6.45, 7) is 4.80. The fourth-order valence-corrected chi connectivity index (χ4v) is 2.13. The van der Waals surface area contributed by atoms with Gasteiger partial charge in [-0.05, 0) is 18.4 Å². The lowest BCUT2D eigenvalue weighted by molar-refractivity contribution is -0.135. The van der Waals surface area contributed by atoms with Crippen molar-refractivity contribution in [1.82, 2.24) is 4.57 Å². The number of nitrogens with two attached hydrogens (primary N) is 1. The molecule has 1 aromatic heterocycles. The number of carbonyl (C=O) groups is 2. The number of rotatable bonds is 4. The third-order valence-electron chi connectivity index (χ3n) is 3.30. The summed E-state index contributed by atoms with van der Waals surface area (Å²) in [6, 6.07) is 7.26. The van der Waals surface area contributed by atoms with Crippen LogP contribution in [0.15, 0.2) is 34.5 Å². The average Bonchev–Trinajstić information content (AvgIpc) is 2.74. The molecule has 0 saturated heterocycles.